The van der Waals surface area contributed by atoms with Gasteiger partial charge in [-0.1, -0.05) is 0 Å². The van der Waals surface area contributed by atoms with Gasteiger partial charge in [0.05, 0.1) is 19.3 Å². The van der Waals surface area contributed by atoms with Gasteiger partial charge in [-0.2, -0.15) is 5.10 Å². The molecule has 0 atom stereocenters. The van der Waals surface area contributed by atoms with Crippen LogP contribution in [0.3, 0.4) is 0 Å². The molecule has 0 radical (unpaired) electrons. The molecule has 0 aromatic carbocycles. The maximum absolute atomic E-state index is 10.7. The first-order valence-electron chi connectivity index (χ1n) is 4.16. The second-order valence-corrected chi connectivity index (χ2v) is 3.05. The molecule has 0 spiro atoms. The van der Waals surface area contributed by atoms with E-state index in [-0.39, 0.29) is 5.91 Å². The van der Waals surface area contributed by atoms with Crippen LogP contribution in [0.4, 0.5) is 5.82 Å². The number of rotatable bonds is 2. The molecule has 0 saturated carbocycles. The van der Waals surface area contributed by atoms with Crippen LogP contribution >= 0.6 is 0 Å². The summed E-state index contributed by atoms with van der Waals surface area (Å²) < 4.78 is 6.85. The molecule has 1 aromatic heterocycles. The molecule has 5 nitrogen and oxygen atoms in total. The molecule has 0 bridgehead atoms. The Bertz CT molecular complexity index is 317. The van der Waals surface area contributed by atoms with E-state index in [2.05, 4.69) is 10.4 Å². The van der Waals surface area contributed by atoms with Crippen molar-refractivity contribution in [2.45, 2.75) is 13.0 Å². The van der Waals surface area contributed by atoms with Gasteiger partial charge in [-0.25, -0.2) is 0 Å². The van der Waals surface area contributed by atoms with E-state index in [1.807, 2.05) is 10.9 Å². The number of anilines is 1. The van der Waals surface area contributed by atoms with E-state index < -0.39 is 0 Å². The van der Waals surface area contributed by atoms with Gasteiger partial charge in [-0.05, 0) is 0 Å². The van der Waals surface area contributed by atoms with E-state index in [1.165, 1.54) is 6.92 Å². The van der Waals surface area contributed by atoms with Gasteiger partial charge in [0.15, 0.2) is 5.82 Å². The van der Waals surface area contributed by atoms with E-state index in [9.17, 15) is 4.79 Å². The fourth-order valence-corrected chi connectivity index (χ4v) is 1.16. The van der Waals surface area contributed by atoms with Crippen LogP contribution in [0.15, 0.2) is 12.3 Å². The summed E-state index contributed by atoms with van der Waals surface area (Å²) >= 11 is 0. The molecule has 5 heteroatoms. The van der Waals surface area contributed by atoms with Crippen LogP contribution in [0, 0.1) is 0 Å². The molecule has 2 rings (SSSR count). The van der Waals surface area contributed by atoms with Crippen molar-refractivity contribution in [1.29, 1.82) is 0 Å². The Labute approximate surface area is 75.7 Å². The minimum absolute atomic E-state index is 0.102. The summed E-state index contributed by atoms with van der Waals surface area (Å²) in [6, 6.07) is 2.11. The minimum Gasteiger partial charge on any atom is -0.377 e. The highest BCUT2D eigenvalue weighted by atomic mass is 16.5. The molecule has 0 unspecified atom stereocenters. The predicted octanol–water partition coefficient (Wildman–Crippen LogP) is 0.413. The van der Waals surface area contributed by atoms with Crippen molar-refractivity contribution in [3.05, 3.63) is 12.3 Å². The van der Waals surface area contributed by atoms with Crippen LogP contribution in [-0.2, 0) is 9.53 Å². The fraction of sp³-hybridized carbons (Fsp3) is 0.500. The Balaban J connectivity index is 2.04. The first-order valence-corrected chi connectivity index (χ1v) is 4.16. The average Bonchev–Trinajstić information content (AvgIpc) is 2.31. The molecule has 2 heterocycles. The van der Waals surface area contributed by atoms with Crippen molar-refractivity contribution in [3.8, 4) is 0 Å². The zero-order valence-corrected chi connectivity index (χ0v) is 7.36. The topological polar surface area (TPSA) is 56.2 Å². The fourth-order valence-electron chi connectivity index (χ4n) is 1.16. The first-order chi connectivity index (χ1) is 6.25. The van der Waals surface area contributed by atoms with E-state index >= 15 is 0 Å². The second kappa shape index (κ2) is 3.18. The number of nitrogens with zero attached hydrogens (tertiary/aromatic N) is 2. The largest absolute Gasteiger partial charge is 0.377 e. The SMILES string of the molecule is CC(=O)Nc1ccn(C2COC2)n1. The lowest BCUT2D eigenvalue weighted by atomic mass is 10.3. The van der Waals surface area contributed by atoms with Crippen LogP contribution in [0.25, 0.3) is 0 Å². The first kappa shape index (κ1) is 8.25. The van der Waals surface area contributed by atoms with Gasteiger partial charge >= 0.3 is 0 Å². The molecule has 1 amide bonds. The van der Waals surface area contributed by atoms with Crippen LogP contribution in [-0.4, -0.2) is 28.9 Å². The number of aromatic nitrogens is 2. The molecule has 1 aliphatic rings. The van der Waals surface area contributed by atoms with E-state index in [4.69, 9.17) is 4.74 Å². The van der Waals surface area contributed by atoms with E-state index in [0.717, 1.165) is 0 Å². The van der Waals surface area contributed by atoms with Crippen molar-refractivity contribution < 1.29 is 9.53 Å². The third kappa shape index (κ3) is 1.70. The number of hydrogen-bond donors (Lipinski definition) is 1. The monoisotopic (exact) mass is 181 g/mol. The zero-order valence-electron chi connectivity index (χ0n) is 7.36. The van der Waals surface area contributed by atoms with Crippen LogP contribution in [0.1, 0.15) is 13.0 Å². The molecular formula is C8H11N3O2. The van der Waals surface area contributed by atoms with Gasteiger partial charge in [0.2, 0.25) is 5.91 Å². The molecule has 1 fully saturated rings. The molecule has 0 aliphatic carbocycles. The molecule has 70 valence electrons. The Kier molecular flexibility index (Phi) is 2.02. The highest BCUT2D eigenvalue weighted by Crippen LogP contribution is 2.17. The van der Waals surface area contributed by atoms with Gasteiger partial charge in [0, 0.05) is 19.2 Å². The molecule has 1 N–H and O–H groups in total. The van der Waals surface area contributed by atoms with Gasteiger partial charge in [-0.15, -0.1) is 0 Å². The summed E-state index contributed by atoms with van der Waals surface area (Å²) in [6.45, 7) is 2.88. The molecular weight excluding hydrogens is 170 g/mol. The number of ether oxygens (including phenoxy) is 1. The predicted molar refractivity (Wildman–Crippen MR) is 46.4 cm³/mol. The summed E-state index contributed by atoms with van der Waals surface area (Å²) in [5, 5.41) is 6.79. The lowest BCUT2D eigenvalue weighted by molar-refractivity contribution is -0.114. The van der Waals surface area contributed by atoms with Crippen LogP contribution in [0.5, 0.6) is 0 Å². The molecule has 1 aromatic rings. The summed E-state index contributed by atoms with van der Waals surface area (Å²) in [7, 11) is 0. The quantitative estimate of drug-likeness (QED) is 0.719. The van der Waals surface area contributed by atoms with E-state index in [1.54, 1.807) is 6.07 Å². The van der Waals surface area contributed by atoms with Gasteiger partial charge in [-0.3, -0.25) is 9.48 Å². The zero-order chi connectivity index (χ0) is 9.26. The highest BCUT2D eigenvalue weighted by Gasteiger charge is 2.20. The third-order valence-corrected chi connectivity index (χ3v) is 1.91. The number of nitrogens with one attached hydrogen (secondary N) is 1. The normalized spacial score (nSPS) is 16.7. The summed E-state index contributed by atoms with van der Waals surface area (Å²) in [5.74, 6) is 0.495. The van der Waals surface area contributed by atoms with Crippen LogP contribution in [0.2, 0.25) is 0 Å². The number of carbonyl (C=O) groups is 1. The van der Waals surface area contributed by atoms with Gasteiger partial charge in [0.1, 0.15) is 0 Å². The van der Waals surface area contributed by atoms with Gasteiger partial charge in [0.25, 0.3) is 0 Å². The maximum Gasteiger partial charge on any atom is 0.222 e. The number of hydrogen-bond acceptors (Lipinski definition) is 3. The highest BCUT2D eigenvalue weighted by molar-refractivity contribution is 5.87. The smallest absolute Gasteiger partial charge is 0.222 e. The van der Waals surface area contributed by atoms with Crippen molar-refractivity contribution in [2.24, 2.45) is 0 Å². The summed E-state index contributed by atoms with van der Waals surface area (Å²) in [4.78, 5) is 10.7. The molecule has 1 saturated heterocycles. The Morgan fingerprint density at radius 3 is 3.08 bits per heavy atom. The summed E-state index contributed by atoms with van der Waals surface area (Å²) in [5.41, 5.74) is 0. The molecule has 1 aliphatic heterocycles. The number of carbonyl (C=O) groups excluding carboxylic acids is 1. The Morgan fingerprint density at radius 1 is 1.77 bits per heavy atom. The maximum atomic E-state index is 10.7. The van der Waals surface area contributed by atoms with Crippen molar-refractivity contribution in [2.75, 3.05) is 18.5 Å². The van der Waals surface area contributed by atoms with Gasteiger partial charge < -0.3 is 10.1 Å². The average molecular weight is 181 g/mol. The molecule has 13 heavy (non-hydrogen) atoms. The lowest BCUT2D eigenvalue weighted by Gasteiger charge is -2.25. The van der Waals surface area contributed by atoms with Crippen molar-refractivity contribution in [1.82, 2.24) is 9.78 Å². The Morgan fingerprint density at radius 2 is 2.54 bits per heavy atom. The Hall–Kier alpha value is -1.36. The standard InChI is InChI=1S/C8H11N3O2/c1-6(12)9-8-2-3-11(10-8)7-4-13-5-7/h2-3,7H,4-5H2,1H3,(H,9,10,12). The van der Waals surface area contributed by atoms with Crippen molar-refractivity contribution in [3.63, 3.8) is 0 Å². The van der Waals surface area contributed by atoms with E-state index in [0.29, 0.717) is 25.1 Å². The third-order valence-electron chi connectivity index (χ3n) is 1.91. The van der Waals surface area contributed by atoms with Crippen molar-refractivity contribution >= 4 is 11.7 Å². The summed E-state index contributed by atoms with van der Waals surface area (Å²) in [6.07, 6.45) is 1.85. The van der Waals surface area contributed by atoms with Crippen LogP contribution < -0.4 is 5.32 Å². The lowest BCUT2D eigenvalue weighted by Crippen LogP contribution is -2.31. The second-order valence-electron chi connectivity index (χ2n) is 3.05. The number of amides is 1. The minimum atomic E-state index is -0.102.